The van der Waals surface area contributed by atoms with E-state index in [2.05, 4.69) is 10.2 Å². The second-order valence-electron chi connectivity index (χ2n) is 4.10. The lowest BCUT2D eigenvalue weighted by Gasteiger charge is -2.14. The second kappa shape index (κ2) is 5.28. The number of hydrogen-bond donors (Lipinski definition) is 1. The SMILES string of the molecule is COC1CN(C(=O)c2ccc(N)nn2)CC1OC. The molecule has 2 rings (SSSR count). The molecule has 1 aliphatic heterocycles. The summed E-state index contributed by atoms with van der Waals surface area (Å²) in [5.41, 5.74) is 5.70. The first-order chi connectivity index (χ1) is 8.65. The highest BCUT2D eigenvalue weighted by atomic mass is 16.5. The number of likely N-dealkylation sites (tertiary alicyclic amines) is 1. The van der Waals surface area contributed by atoms with E-state index in [4.69, 9.17) is 15.2 Å². The maximum absolute atomic E-state index is 12.2. The van der Waals surface area contributed by atoms with Crippen LogP contribution in [0.2, 0.25) is 0 Å². The third-order valence-corrected chi connectivity index (χ3v) is 3.01. The number of carbonyl (C=O) groups is 1. The Labute approximate surface area is 105 Å². The number of rotatable bonds is 3. The van der Waals surface area contributed by atoms with Crippen molar-refractivity contribution in [2.75, 3.05) is 33.0 Å². The quantitative estimate of drug-likeness (QED) is 0.783. The van der Waals surface area contributed by atoms with Crippen LogP contribution in [0, 0.1) is 0 Å². The molecular weight excluding hydrogens is 236 g/mol. The van der Waals surface area contributed by atoms with Gasteiger partial charge in [-0.2, -0.15) is 0 Å². The van der Waals surface area contributed by atoms with Gasteiger partial charge in [-0.05, 0) is 12.1 Å². The van der Waals surface area contributed by atoms with Crippen LogP contribution < -0.4 is 5.73 Å². The lowest BCUT2D eigenvalue weighted by atomic mass is 10.3. The Morgan fingerprint density at radius 2 is 1.89 bits per heavy atom. The largest absolute Gasteiger partial charge is 0.382 e. The maximum Gasteiger partial charge on any atom is 0.274 e. The van der Waals surface area contributed by atoms with Crippen molar-refractivity contribution in [2.45, 2.75) is 12.2 Å². The van der Waals surface area contributed by atoms with Gasteiger partial charge in [0.1, 0.15) is 18.0 Å². The molecule has 98 valence electrons. The number of carbonyl (C=O) groups excluding carboxylic acids is 1. The van der Waals surface area contributed by atoms with Crippen LogP contribution in [0.25, 0.3) is 0 Å². The van der Waals surface area contributed by atoms with E-state index >= 15 is 0 Å². The summed E-state index contributed by atoms with van der Waals surface area (Å²) in [4.78, 5) is 13.8. The maximum atomic E-state index is 12.2. The molecule has 2 N–H and O–H groups in total. The van der Waals surface area contributed by atoms with E-state index in [9.17, 15) is 4.79 Å². The summed E-state index contributed by atoms with van der Waals surface area (Å²) < 4.78 is 10.6. The smallest absolute Gasteiger partial charge is 0.274 e. The van der Waals surface area contributed by atoms with Crippen LogP contribution >= 0.6 is 0 Å². The summed E-state index contributed by atoms with van der Waals surface area (Å²) in [6.45, 7) is 0.972. The first kappa shape index (κ1) is 12.7. The molecule has 0 radical (unpaired) electrons. The molecule has 2 atom stereocenters. The van der Waals surface area contributed by atoms with E-state index in [0.717, 1.165) is 0 Å². The molecule has 1 fully saturated rings. The lowest BCUT2D eigenvalue weighted by molar-refractivity contribution is -0.00461. The van der Waals surface area contributed by atoms with E-state index in [-0.39, 0.29) is 29.6 Å². The van der Waals surface area contributed by atoms with Crippen LogP contribution in [-0.4, -0.2) is 60.5 Å². The van der Waals surface area contributed by atoms with Crippen molar-refractivity contribution < 1.29 is 14.3 Å². The van der Waals surface area contributed by atoms with Crippen LogP contribution in [0.4, 0.5) is 5.82 Å². The van der Waals surface area contributed by atoms with Gasteiger partial charge in [-0.25, -0.2) is 0 Å². The van der Waals surface area contributed by atoms with Gasteiger partial charge in [0.15, 0.2) is 5.69 Å². The standard InChI is InChI=1S/C11H16N4O3/c1-17-8-5-15(6-9(8)18-2)11(16)7-3-4-10(12)14-13-7/h3-4,8-9H,5-6H2,1-2H3,(H2,12,14). The van der Waals surface area contributed by atoms with E-state index in [1.807, 2.05) is 0 Å². The van der Waals surface area contributed by atoms with Gasteiger partial charge >= 0.3 is 0 Å². The third-order valence-electron chi connectivity index (χ3n) is 3.01. The van der Waals surface area contributed by atoms with Gasteiger partial charge in [0, 0.05) is 27.3 Å². The molecule has 0 aromatic carbocycles. The molecule has 0 bridgehead atoms. The molecule has 7 heteroatoms. The minimum absolute atomic E-state index is 0.110. The molecule has 18 heavy (non-hydrogen) atoms. The van der Waals surface area contributed by atoms with Crippen LogP contribution in [0.1, 0.15) is 10.5 Å². The first-order valence-corrected chi connectivity index (χ1v) is 5.59. The third kappa shape index (κ3) is 2.41. The fourth-order valence-electron chi connectivity index (χ4n) is 1.98. The van der Waals surface area contributed by atoms with Crippen molar-refractivity contribution in [3.8, 4) is 0 Å². The van der Waals surface area contributed by atoms with Gasteiger partial charge in [0.05, 0.1) is 0 Å². The zero-order chi connectivity index (χ0) is 13.1. The fraction of sp³-hybridized carbons (Fsp3) is 0.545. The minimum Gasteiger partial charge on any atom is -0.382 e. The van der Waals surface area contributed by atoms with Crippen molar-refractivity contribution in [3.63, 3.8) is 0 Å². The summed E-state index contributed by atoms with van der Waals surface area (Å²) in [6, 6.07) is 3.12. The Bertz CT molecular complexity index is 411. The highest BCUT2D eigenvalue weighted by Crippen LogP contribution is 2.17. The number of aromatic nitrogens is 2. The lowest BCUT2D eigenvalue weighted by Crippen LogP contribution is -2.30. The number of nitrogens with two attached hydrogens (primary N) is 1. The van der Waals surface area contributed by atoms with E-state index in [1.165, 1.54) is 0 Å². The Hall–Kier alpha value is -1.73. The summed E-state index contributed by atoms with van der Waals surface area (Å²) >= 11 is 0. The Morgan fingerprint density at radius 1 is 1.28 bits per heavy atom. The molecular formula is C11H16N4O3. The highest BCUT2D eigenvalue weighted by Gasteiger charge is 2.36. The average molecular weight is 252 g/mol. The molecule has 1 aromatic rings. The normalized spacial score (nSPS) is 23.3. The van der Waals surface area contributed by atoms with Gasteiger partial charge in [-0.1, -0.05) is 0 Å². The van der Waals surface area contributed by atoms with Crippen molar-refractivity contribution in [1.82, 2.24) is 15.1 Å². The van der Waals surface area contributed by atoms with Gasteiger partial charge < -0.3 is 20.1 Å². The van der Waals surface area contributed by atoms with E-state index < -0.39 is 0 Å². The Kier molecular flexibility index (Phi) is 3.73. The second-order valence-corrected chi connectivity index (χ2v) is 4.10. The van der Waals surface area contributed by atoms with E-state index in [1.54, 1.807) is 31.3 Å². The number of nitrogens with zero attached hydrogens (tertiary/aromatic N) is 3. The van der Waals surface area contributed by atoms with Gasteiger partial charge in [-0.15, -0.1) is 10.2 Å². The summed E-state index contributed by atoms with van der Waals surface area (Å²) in [7, 11) is 3.21. The number of nitrogen functional groups attached to an aromatic ring is 1. The average Bonchev–Trinajstić information content (AvgIpc) is 2.82. The molecule has 1 saturated heterocycles. The highest BCUT2D eigenvalue weighted by molar-refractivity contribution is 5.92. The Balaban J connectivity index is 2.09. The van der Waals surface area contributed by atoms with Crippen LogP contribution in [-0.2, 0) is 9.47 Å². The molecule has 1 amide bonds. The fourth-order valence-corrected chi connectivity index (χ4v) is 1.98. The minimum atomic E-state index is -0.191. The van der Waals surface area contributed by atoms with Crippen LogP contribution in [0.5, 0.6) is 0 Å². The summed E-state index contributed by atoms with van der Waals surface area (Å²) in [5, 5.41) is 7.44. The number of amides is 1. The van der Waals surface area contributed by atoms with Crippen molar-refractivity contribution in [2.24, 2.45) is 0 Å². The zero-order valence-electron chi connectivity index (χ0n) is 10.4. The van der Waals surface area contributed by atoms with Gasteiger partial charge in [0.2, 0.25) is 0 Å². The monoisotopic (exact) mass is 252 g/mol. The topological polar surface area (TPSA) is 90.6 Å². The number of hydrogen-bond acceptors (Lipinski definition) is 6. The molecule has 0 spiro atoms. The zero-order valence-corrected chi connectivity index (χ0v) is 10.4. The summed E-state index contributed by atoms with van der Waals surface area (Å²) in [6.07, 6.45) is -0.221. The number of methoxy groups -OCH3 is 2. The van der Waals surface area contributed by atoms with Gasteiger partial charge in [0.25, 0.3) is 5.91 Å². The number of ether oxygens (including phenoxy) is 2. The van der Waals surface area contributed by atoms with Crippen molar-refractivity contribution in [1.29, 1.82) is 0 Å². The predicted molar refractivity (Wildman–Crippen MR) is 63.9 cm³/mol. The van der Waals surface area contributed by atoms with E-state index in [0.29, 0.717) is 13.1 Å². The molecule has 0 aliphatic carbocycles. The predicted octanol–water partition coefficient (Wildman–Crippen LogP) is -0.455. The number of anilines is 1. The molecule has 1 aromatic heterocycles. The van der Waals surface area contributed by atoms with Crippen molar-refractivity contribution in [3.05, 3.63) is 17.8 Å². The van der Waals surface area contributed by atoms with Crippen LogP contribution in [0.15, 0.2) is 12.1 Å². The molecule has 7 nitrogen and oxygen atoms in total. The molecule has 1 aliphatic rings. The molecule has 2 unspecified atom stereocenters. The Morgan fingerprint density at radius 3 is 2.33 bits per heavy atom. The summed E-state index contributed by atoms with van der Waals surface area (Å²) in [5.74, 6) is 0.0987. The van der Waals surface area contributed by atoms with Crippen molar-refractivity contribution >= 4 is 11.7 Å². The van der Waals surface area contributed by atoms with Gasteiger partial charge in [-0.3, -0.25) is 4.79 Å². The molecule has 2 heterocycles. The first-order valence-electron chi connectivity index (χ1n) is 5.59. The molecule has 0 saturated carbocycles. The van der Waals surface area contributed by atoms with Crippen LogP contribution in [0.3, 0.4) is 0 Å².